The van der Waals surface area contributed by atoms with E-state index in [2.05, 4.69) is 25.6 Å². The molecule has 0 saturated heterocycles. The number of thioether (sulfide) groups is 1. The molecule has 2 aromatic heterocycles. The van der Waals surface area contributed by atoms with Gasteiger partial charge >= 0.3 is 0 Å². The van der Waals surface area contributed by atoms with E-state index in [9.17, 15) is 4.79 Å². The second kappa shape index (κ2) is 10.7. The Bertz CT molecular complexity index is 1270. The zero-order valence-electron chi connectivity index (χ0n) is 18.9. The molecule has 4 aromatic rings. The molecule has 4 rings (SSSR count). The summed E-state index contributed by atoms with van der Waals surface area (Å²) in [4.78, 5) is 22.0. The molecular formula is C24H23ClN6O2S. The second-order valence-electron chi connectivity index (χ2n) is 7.53. The third-order valence-corrected chi connectivity index (χ3v) is 6.07. The van der Waals surface area contributed by atoms with E-state index in [-0.39, 0.29) is 11.6 Å². The highest BCUT2D eigenvalue weighted by Gasteiger charge is 2.21. The maximum atomic E-state index is 13.1. The van der Waals surface area contributed by atoms with E-state index in [1.54, 1.807) is 23.9 Å². The zero-order chi connectivity index (χ0) is 24.1. The first-order chi connectivity index (χ1) is 16.4. The van der Waals surface area contributed by atoms with Gasteiger partial charge in [0.1, 0.15) is 5.75 Å². The lowest BCUT2D eigenvalue weighted by Crippen LogP contribution is -2.24. The molecule has 0 saturated carbocycles. The van der Waals surface area contributed by atoms with Gasteiger partial charge in [0.05, 0.1) is 18.5 Å². The Morgan fingerprint density at radius 2 is 1.74 bits per heavy atom. The summed E-state index contributed by atoms with van der Waals surface area (Å²) in [7, 11) is 1.61. The highest BCUT2D eigenvalue weighted by molar-refractivity contribution is 7.98. The predicted octanol–water partition coefficient (Wildman–Crippen LogP) is 4.56. The van der Waals surface area contributed by atoms with Crippen LogP contribution in [-0.2, 0) is 12.3 Å². The van der Waals surface area contributed by atoms with Crippen LogP contribution in [0.15, 0.2) is 59.8 Å². The molecule has 1 N–H and O–H groups in total. The van der Waals surface area contributed by atoms with E-state index in [4.69, 9.17) is 16.3 Å². The first-order valence-electron chi connectivity index (χ1n) is 10.5. The van der Waals surface area contributed by atoms with E-state index in [0.717, 1.165) is 28.4 Å². The quantitative estimate of drug-likeness (QED) is 0.283. The van der Waals surface area contributed by atoms with E-state index < -0.39 is 0 Å². The molecule has 0 atom stereocenters. The molecule has 0 aliphatic heterocycles. The first kappa shape index (κ1) is 23.7. The number of aromatic nitrogens is 5. The third-order valence-electron chi connectivity index (χ3n) is 4.96. The van der Waals surface area contributed by atoms with Crippen molar-refractivity contribution in [3.8, 4) is 11.4 Å². The van der Waals surface area contributed by atoms with Crippen LogP contribution in [0.2, 0.25) is 5.02 Å². The van der Waals surface area contributed by atoms with Gasteiger partial charge in [0, 0.05) is 28.7 Å². The molecule has 174 valence electrons. The number of halogens is 1. The average Bonchev–Trinajstić information content (AvgIpc) is 3.25. The molecular weight excluding hydrogens is 472 g/mol. The Morgan fingerprint density at radius 3 is 2.38 bits per heavy atom. The lowest BCUT2D eigenvalue weighted by Gasteiger charge is -2.10. The van der Waals surface area contributed by atoms with Crippen molar-refractivity contribution in [2.24, 2.45) is 0 Å². The molecule has 0 spiro atoms. The minimum atomic E-state index is -0.313. The van der Waals surface area contributed by atoms with Gasteiger partial charge in [-0.1, -0.05) is 40.7 Å². The molecule has 34 heavy (non-hydrogen) atoms. The fraction of sp³-hybridized carbons (Fsp3) is 0.208. The van der Waals surface area contributed by atoms with Crippen molar-refractivity contribution in [1.29, 1.82) is 0 Å². The standard InChI is InChI=1S/C24H23ClN6O2S/c1-15-12-16(2)28-24(27-15)34-14-21-22(23(32)26-13-17-4-6-18(25)7-5-17)29-30-31(21)19-8-10-20(33-3)11-9-19/h4-12H,13-14H2,1-3H3,(H,26,32). The summed E-state index contributed by atoms with van der Waals surface area (Å²) in [5.41, 5.74) is 4.37. The van der Waals surface area contributed by atoms with Crippen LogP contribution in [0.25, 0.3) is 5.69 Å². The number of carbonyl (C=O) groups excluding carboxylic acids is 1. The van der Waals surface area contributed by atoms with Crippen molar-refractivity contribution >= 4 is 29.3 Å². The molecule has 8 nitrogen and oxygen atoms in total. The molecule has 2 heterocycles. The van der Waals surface area contributed by atoms with Crippen LogP contribution < -0.4 is 10.1 Å². The normalized spacial score (nSPS) is 10.8. The molecule has 0 aliphatic rings. The minimum absolute atomic E-state index is 0.252. The van der Waals surface area contributed by atoms with Gasteiger partial charge in [0.25, 0.3) is 5.91 Å². The summed E-state index contributed by atoms with van der Waals surface area (Å²) in [6.45, 7) is 4.20. The molecule has 0 unspecified atom stereocenters. The number of hydrogen-bond donors (Lipinski definition) is 1. The average molecular weight is 495 g/mol. The summed E-state index contributed by atoms with van der Waals surface area (Å²) >= 11 is 7.38. The van der Waals surface area contributed by atoms with Crippen LogP contribution in [0.4, 0.5) is 0 Å². The first-order valence-corrected chi connectivity index (χ1v) is 11.9. The Kier molecular flexibility index (Phi) is 7.44. The number of ether oxygens (including phenoxy) is 1. The van der Waals surface area contributed by atoms with Gasteiger partial charge in [0.2, 0.25) is 0 Å². The van der Waals surface area contributed by atoms with Crippen LogP contribution in [0.5, 0.6) is 5.75 Å². The Labute approximate surface area is 206 Å². The summed E-state index contributed by atoms with van der Waals surface area (Å²) in [6.07, 6.45) is 0. The summed E-state index contributed by atoms with van der Waals surface area (Å²) < 4.78 is 6.91. The summed E-state index contributed by atoms with van der Waals surface area (Å²) in [6, 6.07) is 16.6. The predicted molar refractivity (Wildman–Crippen MR) is 132 cm³/mol. The van der Waals surface area contributed by atoms with Crippen LogP contribution in [0.3, 0.4) is 0 Å². The number of nitrogens with one attached hydrogen (secondary N) is 1. The fourth-order valence-electron chi connectivity index (χ4n) is 3.30. The SMILES string of the molecule is COc1ccc(-n2nnc(C(=O)NCc3ccc(Cl)cc3)c2CSc2nc(C)cc(C)n2)cc1. The van der Waals surface area contributed by atoms with E-state index in [0.29, 0.717) is 28.2 Å². The number of carbonyl (C=O) groups is 1. The molecule has 2 aromatic carbocycles. The molecule has 0 fully saturated rings. The minimum Gasteiger partial charge on any atom is -0.497 e. The second-order valence-corrected chi connectivity index (χ2v) is 8.90. The van der Waals surface area contributed by atoms with Crippen LogP contribution in [0, 0.1) is 13.8 Å². The largest absolute Gasteiger partial charge is 0.497 e. The van der Waals surface area contributed by atoms with Gasteiger partial charge in [-0.15, -0.1) is 5.10 Å². The van der Waals surface area contributed by atoms with Gasteiger partial charge in [-0.2, -0.15) is 0 Å². The monoisotopic (exact) mass is 494 g/mol. The fourth-order valence-corrected chi connectivity index (χ4v) is 4.37. The van der Waals surface area contributed by atoms with E-state index in [1.807, 2.05) is 56.3 Å². The van der Waals surface area contributed by atoms with Crippen molar-refractivity contribution in [3.63, 3.8) is 0 Å². The van der Waals surface area contributed by atoms with Crippen LogP contribution in [-0.4, -0.2) is 38.0 Å². The summed E-state index contributed by atoms with van der Waals surface area (Å²) in [5.74, 6) is 0.821. The number of rotatable bonds is 8. The number of amides is 1. The molecule has 1 amide bonds. The highest BCUT2D eigenvalue weighted by atomic mass is 35.5. The number of hydrogen-bond acceptors (Lipinski definition) is 7. The molecule has 0 bridgehead atoms. The van der Waals surface area contributed by atoms with E-state index >= 15 is 0 Å². The van der Waals surface area contributed by atoms with Gasteiger partial charge in [-0.05, 0) is 61.9 Å². The van der Waals surface area contributed by atoms with Gasteiger partial charge in [0.15, 0.2) is 10.9 Å². The lowest BCUT2D eigenvalue weighted by atomic mass is 10.2. The van der Waals surface area contributed by atoms with E-state index in [1.165, 1.54) is 11.8 Å². The molecule has 10 heteroatoms. The molecule has 0 radical (unpaired) electrons. The zero-order valence-corrected chi connectivity index (χ0v) is 20.5. The topological polar surface area (TPSA) is 94.8 Å². The van der Waals surface area contributed by atoms with Crippen molar-refractivity contribution in [2.75, 3.05) is 7.11 Å². The smallest absolute Gasteiger partial charge is 0.274 e. The van der Waals surface area contributed by atoms with Crippen LogP contribution in [0.1, 0.15) is 33.1 Å². The Hall–Kier alpha value is -3.43. The van der Waals surface area contributed by atoms with Crippen molar-refractivity contribution in [2.45, 2.75) is 31.3 Å². The Balaban J connectivity index is 1.61. The van der Waals surface area contributed by atoms with Gasteiger partial charge in [-0.3, -0.25) is 4.79 Å². The van der Waals surface area contributed by atoms with Crippen LogP contribution >= 0.6 is 23.4 Å². The molecule has 0 aliphatic carbocycles. The Morgan fingerprint density at radius 1 is 1.06 bits per heavy atom. The van der Waals surface area contributed by atoms with Gasteiger partial charge < -0.3 is 10.1 Å². The highest BCUT2D eigenvalue weighted by Crippen LogP contribution is 2.24. The lowest BCUT2D eigenvalue weighted by molar-refractivity contribution is 0.0945. The number of methoxy groups -OCH3 is 1. The van der Waals surface area contributed by atoms with Crippen molar-refractivity contribution in [3.05, 3.63) is 88.0 Å². The summed E-state index contributed by atoms with van der Waals surface area (Å²) in [5, 5.41) is 12.7. The van der Waals surface area contributed by atoms with Crippen molar-refractivity contribution in [1.82, 2.24) is 30.3 Å². The maximum Gasteiger partial charge on any atom is 0.274 e. The van der Waals surface area contributed by atoms with Gasteiger partial charge in [-0.25, -0.2) is 14.6 Å². The number of nitrogens with zero attached hydrogens (tertiary/aromatic N) is 5. The number of benzene rings is 2. The maximum absolute atomic E-state index is 13.1. The van der Waals surface area contributed by atoms with Crippen molar-refractivity contribution < 1.29 is 9.53 Å². The number of aryl methyl sites for hydroxylation is 2. The third kappa shape index (κ3) is 5.73.